The maximum absolute atomic E-state index is 5.16. The van der Waals surface area contributed by atoms with Crippen LogP contribution in [0.25, 0.3) is 0 Å². The lowest BCUT2D eigenvalue weighted by Gasteiger charge is -2.04. The molecule has 0 aromatic carbocycles. The van der Waals surface area contributed by atoms with Crippen LogP contribution in [0.3, 0.4) is 0 Å². The molecule has 1 aliphatic rings. The van der Waals surface area contributed by atoms with Crippen LogP contribution in [0.2, 0.25) is 0 Å². The molecule has 0 spiro atoms. The maximum atomic E-state index is 5.16. The molecular weight excluding hydrogens is 234 g/mol. The Balaban J connectivity index is 1.71. The number of hydrogen-bond donors (Lipinski definition) is 1. The van der Waals surface area contributed by atoms with Crippen molar-refractivity contribution in [3.05, 3.63) is 24.4 Å². The van der Waals surface area contributed by atoms with Crippen LogP contribution in [0.1, 0.15) is 37.4 Å². The molecule has 94 valence electrons. The topological polar surface area (TPSA) is 51.0 Å². The highest BCUT2D eigenvalue weighted by molar-refractivity contribution is 7.99. The van der Waals surface area contributed by atoms with E-state index in [2.05, 4.69) is 22.0 Å². The summed E-state index contributed by atoms with van der Waals surface area (Å²) in [7, 11) is 0. The van der Waals surface area contributed by atoms with Crippen LogP contribution in [0, 0.1) is 0 Å². The third kappa shape index (κ3) is 4.16. The van der Waals surface area contributed by atoms with Crippen LogP contribution >= 0.6 is 11.8 Å². The molecule has 0 unspecified atom stereocenters. The van der Waals surface area contributed by atoms with Gasteiger partial charge in [-0.2, -0.15) is 16.7 Å². The van der Waals surface area contributed by atoms with Gasteiger partial charge in [-0.05, 0) is 12.8 Å². The lowest BCUT2D eigenvalue weighted by molar-refractivity contribution is 0.366. The second-order valence-electron chi connectivity index (χ2n) is 4.24. The van der Waals surface area contributed by atoms with Crippen molar-refractivity contribution < 1.29 is 4.52 Å². The van der Waals surface area contributed by atoms with E-state index in [0.29, 0.717) is 12.4 Å². The van der Waals surface area contributed by atoms with Gasteiger partial charge in [0.2, 0.25) is 5.89 Å². The molecule has 5 heteroatoms. The molecule has 1 fully saturated rings. The first kappa shape index (κ1) is 12.6. The Bertz CT molecular complexity index is 347. The number of thioether (sulfide) groups is 1. The standard InChI is InChI=1S/C12H19N3OS/c1-2-7-13-8-12-14-11(15-16-12)9-17-10-5-3-4-6-10/h2,10,13H,1,3-9H2. The highest BCUT2D eigenvalue weighted by Crippen LogP contribution is 2.30. The Morgan fingerprint density at radius 3 is 3.06 bits per heavy atom. The number of hydrogen-bond acceptors (Lipinski definition) is 5. The van der Waals surface area contributed by atoms with Gasteiger partial charge in [0.1, 0.15) is 0 Å². The normalized spacial score (nSPS) is 16.5. The smallest absolute Gasteiger partial charge is 0.240 e. The van der Waals surface area contributed by atoms with Crippen LogP contribution in [0.4, 0.5) is 0 Å². The van der Waals surface area contributed by atoms with Crippen molar-refractivity contribution in [2.75, 3.05) is 6.54 Å². The Morgan fingerprint density at radius 1 is 1.47 bits per heavy atom. The van der Waals surface area contributed by atoms with Crippen molar-refractivity contribution in [2.45, 2.75) is 43.2 Å². The fourth-order valence-corrected chi connectivity index (χ4v) is 3.12. The SMILES string of the molecule is C=CCNCc1nc(CSC2CCCC2)no1. The Kier molecular flexibility index (Phi) is 5.07. The third-order valence-corrected chi connectivity index (χ3v) is 4.19. The molecule has 0 aliphatic heterocycles. The summed E-state index contributed by atoms with van der Waals surface area (Å²) in [5, 5.41) is 7.93. The molecule has 0 saturated heterocycles. The van der Waals surface area contributed by atoms with Crippen LogP contribution in [0.5, 0.6) is 0 Å². The van der Waals surface area contributed by atoms with Gasteiger partial charge in [0.15, 0.2) is 5.82 Å². The molecule has 17 heavy (non-hydrogen) atoms. The van der Waals surface area contributed by atoms with Crippen molar-refractivity contribution in [3.63, 3.8) is 0 Å². The molecule has 0 amide bonds. The van der Waals surface area contributed by atoms with Gasteiger partial charge in [-0.15, -0.1) is 6.58 Å². The summed E-state index contributed by atoms with van der Waals surface area (Å²) in [6.45, 7) is 5.01. The van der Waals surface area contributed by atoms with E-state index in [4.69, 9.17) is 4.52 Å². The molecule has 1 aliphatic carbocycles. The van der Waals surface area contributed by atoms with Crippen LogP contribution < -0.4 is 5.32 Å². The molecule has 1 heterocycles. The average molecular weight is 253 g/mol. The van der Waals surface area contributed by atoms with E-state index < -0.39 is 0 Å². The van der Waals surface area contributed by atoms with Crippen molar-refractivity contribution in [2.24, 2.45) is 0 Å². The molecule has 1 aromatic rings. The van der Waals surface area contributed by atoms with Crippen LogP contribution in [-0.2, 0) is 12.3 Å². The minimum absolute atomic E-state index is 0.618. The zero-order valence-electron chi connectivity index (χ0n) is 10.0. The average Bonchev–Trinajstić information content (AvgIpc) is 2.98. The van der Waals surface area contributed by atoms with Gasteiger partial charge in [-0.3, -0.25) is 0 Å². The van der Waals surface area contributed by atoms with Crippen LogP contribution in [-0.4, -0.2) is 21.9 Å². The molecule has 1 saturated carbocycles. The molecule has 1 N–H and O–H groups in total. The van der Waals surface area contributed by atoms with E-state index in [0.717, 1.165) is 23.4 Å². The first-order valence-corrected chi connectivity index (χ1v) is 7.18. The van der Waals surface area contributed by atoms with Crippen molar-refractivity contribution in [3.8, 4) is 0 Å². The first-order valence-electron chi connectivity index (χ1n) is 6.13. The Morgan fingerprint density at radius 2 is 2.29 bits per heavy atom. The van der Waals surface area contributed by atoms with Crippen LogP contribution in [0.15, 0.2) is 17.2 Å². The molecule has 4 nitrogen and oxygen atoms in total. The third-order valence-electron chi connectivity index (χ3n) is 2.83. The fourth-order valence-electron chi connectivity index (χ4n) is 1.95. The van der Waals surface area contributed by atoms with Crippen molar-refractivity contribution in [1.29, 1.82) is 0 Å². The van der Waals surface area contributed by atoms with E-state index in [-0.39, 0.29) is 0 Å². The fraction of sp³-hybridized carbons (Fsp3) is 0.667. The van der Waals surface area contributed by atoms with Crippen molar-refractivity contribution in [1.82, 2.24) is 15.5 Å². The van der Waals surface area contributed by atoms with Gasteiger partial charge in [-0.1, -0.05) is 24.1 Å². The summed E-state index contributed by atoms with van der Waals surface area (Å²) in [4.78, 5) is 4.35. The summed E-state index contributed by atoms with van der Waals surface area (Å²) >= 11 is 1.96. The zero-order valence-corrected chi connectivity index (χ0v) is 10.8. The van der Waals surface area contributed by atoms with E-state index in [9.17, 15) is 0 Å². The lowest BCUT2D eigenvalue weighted by atomic mass is 10.4. The van der Waals surface area contributed by atoms with Gasteiger partial charge >= 0.3 is 0 Å². The van der Waals surface area contributed by atoms with E-state index in [1.54, 1.807) is 0 Å². The molecular formula is C12H19N3OS. The maximum Gasteiger partial charge on any atom is 0.240 e. The quantitative estimate of drug-likeness (QED) is 0.598. The molecule has 2 rings (SSSR count). The predicted molar refractivity (Wildman–Crippen MR) is 69.8 cm³/mol. The minimum atomic E-state index is 0.618. The van der Waals surface area contributed by atoms with Gasteiger partial charge in [0.25, 0.3) is 0 Å². The van der Waals surface area contributed by atoms with Gasteiger partial charge in [-0.25, -0.2) is 0 Å². The summed E-state index contributed by atoms with van der Waals surface area (Å²) in [6.07, 6.45) is 7.25. The van der Waals surface area contributed by atoms with E-state index in [1.165, 1.54) is 25.7 Å². The monoisotopic (exact) mass is 253 g/mol. The van der Waals surface area contributed by atoms with E-state index >= 15 is 0 Å². The highest BCUT2D eigenvalue weighted by atomic mass is 32.2. The number of rotatable bonds is 7. The van der Waals surface area contributed by atoms with Gasteiger partial charge in [0.05, 0.1) is 12.3 Å². The predicted octanol–water partition coefficient (Wildman–Crippen LogP) is 2.52. The van der Waals surface area contributed by atoms with E-state index in [1.807, 2.05) is 17.8 Å². The zero-order chi connectivity index (χ0) is 11.9. The largest absolute Gasteiger partial charge is 0.338 e. The molecule has 0 atom stereocenters. The summed E-state index contributed by atoms with van der Waals surface area (Å²) in [6, 6.07) is 0. The summed E-state index contributed by atoms with van der Waals surface area (Å²) in [5.74, 6) is 2.35. The molecule has 0 bridgehead atoms. The first-order chi connectivity index (χ1) is 8.38. The highest BCUT2D eigenvalue weighted by Gasteiger charge is 2.16. The number of nitrogens with one attached hydrogen (secondary N) is 1. The summed E-state index contributed by atoms with van der Waals surface area (Å²) < 4.78 is 5.16. The molecule has 0 radical (unpaired) electrons. The second-order valence-corrected chi connectivity index (χ2v) is 5.53. The number of nitrogens with zero attached hydrogens (tertiary/aromatic N) is 2. The van der Waals surface area contributed by atoms with Gasteiger partial charge < -0.3 is 9.84 Å². The summed E-state index contributed by atoms with van der Waals surface area (Å²) in [5.41, 5.74) is 0. The molecule has 1 aromatic heterocycles. The Hall–Kier alpha value is -0.810. The van der Waals surface area contributed by atoms with Gasteiger partial charge in [0, 0.05) is 11.8 Å². The second kappa shape index (κ2) is 6.81. The lowest BCUT2D eigenvalue weighted by Crippen LogP contribution is -2.12. The number of aromatic nitrogens is 2. The Labute approximate surface area is 106 Å². The minimum Gasteiger partial charge on any atom is -0.338 e. The van der Waals surface area contributed by atoms with Crippen molar-refractivity contribution >= 4 is 11.8 Å².